The Morgan fingerprint density at radius 2 is 1.86 bits per heavy atom. The van der Waals surface area contributed by atoms with Gasteiger partial charge in [-0.2, -0.15) is 0 Å². The summed E-state index contributed by atoms with van der Waals surface area (Å²) in [6, 6.07) is 16.6. The Kier molecular flexibility index (Phi) is 7.65. The van der Waals surface area contributed by atoms with Crippen LogP contribution in [0.15, 0.2) is 53.3 Å². The molecule has 1 N–H and O–H groups in total. The van der Waals surface area contributed by atoms with Crippen LogP contribution in [0.5, 0.6) is 5.75 Å². The standard InChI is InChI=1S/C29H36N6O2/c1-4-27(28-31-32-33-35(28)24-8-6-5-7-9-24)34(18-21-11-14-25(37-3)15-12-21)19-23-17-22-13-10-20(2)16-26(22)30-29(23)36/h10-17,24,27H,4-9,18-19H2,1-3H3,(H,30,36)/t27-/m1/s1. The summed E-state index contributed by atoms with van der Waals surface area (Å²) in [5.41, 5.74) is 3.81. The summed E-state index contributed by atoms with van der Waals surface area (Å²) in [6.07, 6.45) is 6.74. The molecule has 0 unspecified atom stereocenters. The molecule has 0 radical (unpaired) electrons. The van der Waals surface area contributed by atoms with Crippen LogP contribution in [0.1, 0.15) is 80.0 Å². The minimum atomic E-state index is -0.0560. The van der Waals surface area contributed by atoms with E-state index in [2.05, 4.69) is 61.3 Å². The van der Waals surface area contributed by atoms with Crippen molar-refractivity contribution in [3.63, 3.8) is 0 Å². The van der Waals surface area contributed by atoms with Crippen LogP contribution in [0, 0.1) is 6.92 Å². The van der Waals surface area contributed by atoms with Crippen molar-refractivity contribution in [3.05, 3.63) is 81.4 Å². The van der Waals surface area contributed by atoms with Crippen molar-refractivity contribution in [1.29, 1.82) is 0 Å². The molecule has 1 fully saturated rings. The third kappa shape index (κ3) is 5.59. The van der Waals surface area contributed by atoms with Gasteiger partial charge in [-0.15, -0.1) is 5.10 Å². The number of ether oxygens (including phenoxy) is 1. The molecule has 2 aromatic carbocycles. The Bertz CT molecular complexity index is 1390. The lowest BCUT2D eigenvalue weighted by atomic mass is 9.95. The number of aryl methyl sites for hydroxylation is 1. The van der Waals surface area contributed by atoms with Gasteiger partial charge in [0.2, 0.25) is 0 Å². The summed E-state index contributed by atoms with van der Waals surface area (Å²) < 4.78 is 7.41. The lowest BCUT2D eigenvalue weighted by molar-refractivity contribution is 0.155. The molecule has 8 heteroatoms. The van der Waals surface area contributed by atoms with E-state index in [0.29, 0.717) is 19.1 Å². The zero-order valence-electron chi connectivity index (χ0n) is 22.0. The molecule has 1 atom stereocenters. The summed E-state index contributed by atoms with van der Waals surface area (Å²) in [5, 5.41) is 14.1. The fourth-order valence-electron chi connectivity index (χ4n) is 5.55. The molecule has 0 aliphatic heterocycles. The lowest BCUT2D eigenvalue weighted by Crippen LogP contribution is -2.33. The SMILES string of the molecule is CC[C@H](c1nnnn1C1CCCCC1)N(Cc1ccc(OC)cc1)Cc1cc2ccc(C)cc2[nH]c1=O. The first kappa shape index (κ1) is 25.1. The van der Waals surface area contributed by atoms with E-state index in [1.54, 1.807) is 7.11 Å². The molecule has 2 aromatic heterocycles. The topological polar surface area (TPSA) is 88.9 Å². The maximum Gasteiger partial charge on any atom is 0.252 e. The summed E-state index contributed by atoms with van der Waals surface area (Å²) in [4.78, 5) is 18.6. The quantitative estimate of drug-likeness (QED) is 0.327. The molecule has 5 rings (SSSR count). The normalized spacial score (nSPS) is 15.4. The summed E-state index contributed by atoms with van der Waals surface area (Å²) >= 11 is 0. The largest absolute Gasteiger partial charge is 0.497 e. The van der Waals surface area contributed by atoms with E-state index < -0.39 is 0 Å². The van der Waals surface area contributed by atoms with Crippen LogP contribution in [-0.2, 0) is 13.1 Å². The number of hydrogen-bond donors (Lipinski definition) is 1. The second kappa shape index (κ2) is 11.3. The molecular formula is C29H36N6O2. The predicted molar refractivity (Wildman–Crippen MR) is 145 cm³/mol. The van der Waals surface area contributed by atoms with Gasteiger partial charge < -0.3 is 9.72 Å². The smallest absolute Gasteiger partial charge is 0.252 e. The van der Waals surface area contributed by atoms with Crippen molar-refractivity contribution in [2.75, 3.05) is 7.11 Å². The highest BCUT2D eigenvalue weighted by molar-refractivity contribution is 5.79. The monoisotopic (exact) mass is 500 g/mol. The number of H-pyrrole nitrogens is 1. The third-order valence-corrected chi connectivity index (χ3v) is 7.56. The highest BCUT2D eigenvalue weighted by Crippen LogP contribution is 2.33. The molecule has 2 heterocycles. The number of aromatic nitrogens is 5. The van der Waals surface area contributed by atoms with Crippen LogP contribution >= 0.6 is 0 Å². The maximum absolute atomic E-state index is 13.2. The van der Waals surface area contributed by atoms with Crippen molar-refractivity contribution >= 4 is 10.9 Å². The average molecular weight is 501 g/mol. The summed E-state index contributed by atoms with van der Waals surface area (Å²) in [6.45, 7) is 5.34. The molecular weight excluding hydrogens is 464 g/mol. The first-order valence-electron chi connectivity index (χ1n) is 13.3. The average Bonchev–Trinajstić information content (AvgIpc) is 3.40. The van der Waals surface area contributed by atoms with Crippen molar-refractivity contribution in [3.8, 4) is 5.75 Å². The Morgan fingerprint density at radius 1 is 1.08 bits per heavy atom. The van der Waals surface area contributed by atoms with Crippen LogP contribution in [-0.4, -0.2) is 37.2 Å². The van der Waals surface area contributed by atoms with Gasteiger partial charge in [-0.25, -0.2) is 4.68 Å². The van der Waals surface area contributed by atoms with Crippen LogP contribution in [0.25, 0.3) is 10.9 Å². The summed E-state index contributed by atoms with van der Waals surface area (Å²) in [5.74, 6) is 1.71. The van der Waals surface area contributed by atoms with E-state index in [-0.39, 0.29) is 11.6 Å². The molecule has 37 heavy (non-hydrogen) atoms. The van der Waals surface area contributed by atoms with Crippen molar-refractivity contribution in [1.82, 2.24) is 30.1 Å². The van der Waals surface area contributed by atoms with E-state index >= 15 is 0 Å². The van der Waals surface area contributed by atoms with Crippen LogP contribution in [0.4, 0.5) is 0 Å². The maximum atomic E-state index is 13.2. The van der Waals surface area contributed by atoms with Crippen LogP contribution < -0.4 is 10.3 Å². The van der Waals surface area contributed by atoms with Gasteiger partial charge in [0.1, 0.15) is 5.75 Å². The van der Waals surface area contributed by atoms with Gasteiger partial charge in [0.05, 0.1) is 19.2 Å². The number of rotatable bonds is 9. The number of tetrazole rings is 1. The Labute approximate surface area is 217 Å². The van der Waals surface area contributed by atoms with Crippen LogP contribution in [0.3, 0.4) is 0 Å². The van der Waals surface area contributed by atoms with Gasteiger partial charge in [0.15, 0.2) is 5.82 Å². The van der Waals surface area contributed by atoms with Gasteiger partial charge in [-0.3, -0.25) is 9.69 Å². The van der Waals surface area contributed by atoms with Crippen LogP contribution in [0.2, 0.25) is 0 Å². The molecule has 1 aliphatic rings. The van der Waals surface area contributed by atoms with Gasteiger partial charge in [0, 0.05) is 24.2 Å². The fraction of sp³-hybridized carbons (Fsp3) is 0.448. The number of benzene rings is 2. The molecule has 8 nitrogen and oxygen atoms in total. The molecule has 4 aromatic rings. The van der Waals surface area contributed by atoms with Gasteiger partial charge in [0.25, 0.3) is 5.56 Å². The van der Waals surface area contributed by atoms with Gasteiger partial charge >= 0.3 is 0 Å². The zero-order chi connectivity index (χ0) is 25.8. The highest BCUT2D eigenvalue weighted by Gasteiger charge is 2.29. The minimum absolute atomic E-state index is 0.0351. The number of hydrogen-bond acceptors (Lipinski definition) is 6. The molecule has 0 amide bonds. The first-order chi connectivity index (χ1) is 18.1. The number of fused-ring (bicyclic) bond motifs is 1. The van der Waals surface area contributed by atoms with E-state index in [1.165, 1.54) is 19.3 Å². The zero-order valence-corrected chi connectivity index (χ0v) is 22.0. The van der Waals surface area contributed by atoms with Gasteiger partial charge in [-0.1, -0.05) is 50.5 Å². The second-order valence-corrected chi connectivity index (χ2v) is 10.2. The Balaban J connectivity index is 1.51. The predicted octanol–water partition coefficient (Wildman–Crippen LogP) is 5.49. The number of pyridine rings is 1. The van der Waals surface area contributed by atoms with E-state index in [0.717, 1.165) is 58.4 Å². The molecule has 1 saturated carbocycles. The first-order valence-corrected chi connectivity index (χ1v) is 13.3. The minimum Gasteiger partial charge on any atom is -0.497 e. The van der Waals surface area contributed by atoms with Gasteiger partial charge in [-0.05, 0) is 77.4 Å². The number of aromatic amines is 1. The fourth-order valence-corrected chi connectivity index (χ4v) is 5.55. The number of nitrogens with one attached hydrogen (secondary N) is 1. The van der Waals surface area contributed by atoms with E-state index in [9.17, 15) is 4.79 Å². The molecule has 0 bridgehead atoms. The highest BCUT2D eigenvalue weighted by atomic mass is 16.5. The van der Waals surface area contributed by atoms with Crippen molar-refractivity contribution in [2.24, 2.45) is 0 Å². The number of nitrogens with zero attached hydrogens (tertiary/aromatic N) is 5. The van der Waals surface area contributed by atoms with E-state index in [1.807, 2.05) is 31.2 Å². The molecule has 1 aliphatic carbocycles. The summed E-state index contributed by atoms with van der Waals surface area (Å²) in [7, 11) is 1.67. The molecule has 0 saturated heterocycles. The molecule has 0 spiro atoms. The lowest BCUT2D eigenvalue weighted by Gasteiger charge is -2.32. The number of methoxy groups -OCH3 is 1. The Morgan fingerprint density at radius 3 is 2.59 bits per heavy atom. The Hall–Kier alpha value is -3.52. The second-order valence-electron chi connectivity index (χ2n) is 10.2. The van der Waals surface area contributed by atoms with E-state index in [4.69, 9.17) is 4.74 Å². The molecule has 194 valence electrons. The van der Waals surface area contributed by atoms with Crippen molar-refractivity contribution in [2.45, 2.75) is 77.5 Å². The van der Waals surface area contributed by atoms with Crippen molar-refractivity contribution < 1.29 is 4.74 Å². The third-order valence-electron chi connectivity index (χ3n) is 7.56.